The Hall–Kier alpha value is -1.49. The van der Waals surface area contributed by atoms with Crippen LogP contribution in [0.4, 0.5) is 8.78 Å². The van der Waals surface area contributed by atoms with Gasteiger partial charge in [-0.25, -0.2) is 8.78 Å². The van der Waals surface area contributed by atoms with E-state index in [9.17, 15) is 13.6 Å². The molecule has 0 heterocycles. The molecule has 0 amide bonds. The van der Waals surface area contributed by atoms with Gasteiger partial charge in [-0.15, -0.1) is 0 Å². The van der Waals surface area contributed by atoms with Crippen LogP contribution in [-0.4, -0.2) is 19.4 Å². The number of Topliss-reactive ketones (excluding diaryl/α,β-unsaturated/α-hetero) is 1. The Kier molecular flexibility index (Phi) is 3.14. The summed E-state index contributed by atoms with van der Waals surface area (Å²) < 4.78 is 30.7. The summed E-state index contributed by atoms with van der Waals surface area (Å²) >= 11 is 0. The van der Waals surface area contributed by atoms with E-state index in [1.54, 1.807) is 0 Å². The van der Waals surface area contributed by atoms with Crippen molar-refractivity contribution in [2.45, 2.75) is 0 Å². The summed E-state index contributed by atoms with van der Waals surface area (Å²) in [6.45, 7) is -0.328. The van der Waals surface area contributed by atoms with Crippen molar-refractivity contribution in [2.75, 3.05) is 13.7 Å². The summed E-state index contributed by atoms with van der Waals surface area (Å²) in [6.07, 6.45) is 0. The molecule has 2 N–H and O–H groups in total. The average Bonchev–Trinajstić information content (AvgIpc) is 2.18. The predicted octanol–water partition coefficient (Wildman–Crippen LogP) is 1.11. The molecule has 0 saturated heterocycles. The van der Waals surface area contributed by atoms with Crippen LogP contribution in [0.25, 0.3) is 0 Å². The van der Waals surface area contributed by atoms with Crippen molar-refractivity contribution in [1.82, 2.24) is 0 Å². The van der Waals surface area contributed by atoms with Gasteiger partial charge in [-0.2, -0.15) is 0 Å². The lowest BCUT2D eigenvalue weighted by Crippen LogP contribution is -2.15. The highest BCUT2D eigenvalue weighted by Crippen LogP contribution is 2.24. The first kappa shape index (κ1) is 10.6. The summed E-state index contributed by atoms with van der Waals surface area (Å²) in [5.74, 6) is -3.02. The second-order valence-corrected chi connectivity index (χ2v) is 2.57. The van der Waals surface area contributed by atoms with Crippen LogP contribution >= 0.6 is 0 Å². The zero-order valence-corrected chi connectivity index (χ0v) is 7.51. The number of hydrogen-bond acceptors (Lipinski definition) is 3. The molecule has 0 atom stereocenters. The minimum atomic E-state index is -1.01. The summed E-state index contributed by atoms with van der Waals surface area (Å²) in [4.78, 5) is 11.1. The molecule has 1 rings (SSSR count). The van der Waals surface area contributed by atoms with Crippen LogP contribution in [0.15, 0.2) is 12.1 Å². The molecule has 76 valence electrons. The standard InChI is InChI=1S/C9H9F2NO2/c1-14-9-6(10)3-2-5(8(9)11)7(13)4-12/h2-3H,4,12H2,1H3. The molecule has 0 aromatic heterocycles. The third kappa shape index (κ3) is 1.72. The van der Waals surface area contributed by atoms with E-state index in [0.717, 1.165) is 19.2 Å². The summed E-state index contributed by atoms with van der Waals surface area (Å²) in [5.41, 5.74) is 4.79. The number of methoxy groups -OCH3 is 1. The van der Waals surface area contributed by atoms with E-state index in [2.05, 4.69) is 4.74 Å². The highest BCUT2D eigenvalue weighted by Gasteiger charge is 2.17. The fourth-order valence-corrected chi connectivity index (χ4v) is 1.04. The number of ketones is 1. The second kappa shape index (κ2) is 4.15. The Morgan fingerprint density at radius 3 is 2.64 bits per heavy atom. The molecule has 0 saturated carbocycles. The molecule has 0 radical (unpaired) electrons. The maximum atomic E-state index is 13.3. The summed E-state index contributed by atoms with van der Waals surface area (Å²) in [7, 11) is 1.12. The van der Waals surface area contributed by atoms with Gasteiger partial charge in [0.05, 0.1) is 19.2 Å². The van der Waals surface area contributed by atoms with E-state index in [-0.39, 0.29) is 12.1 Å². The van der Waals surface area contributed by atoms with E-state index in [1.165, 1.54) is 0 Å². The van der Waals surface area contributed by atoms with Crippen molar-refractivity contribution in [2.24, 2.45) is 5.73 Å². The number of benzene rings is 1. The van der Waals surface area contributed by atoms with Gasteiger partial charge in [0.1, 0.15) is 0 Å². The highest BCUT2D eigenvalue weighted by molar-refractivity contribution is 5.98. The normalized spacial score (nSPS) is 10.0. The number of ether oxygens (including phenoxy) is 1. The van der Waals surface area contributed by atoms with Gasteiger partial charge in [0.2, 0.25) is 0 Å². The lowest BCUT2D eigenvalue weighted by Gasteiger charge is -2.06. The third-order valence-corrected chi connectivity index (χ3v) is 1.74. The monoisotopic (exact) mass is 201 g/mol. The SMILES string of the molecule is COc1c(F)ccc(C(=O)CN)c1F. The predicted molar refractivity (Wildman–Crippen MR) is 46.3 cm³/mol. The molecule has 0 aliphatic carbocycles. The van der Waals surface area contributed by atoms with Crippen LogP contribution < -0.4 is 10.5 Å². The third-order valence-electron chi connectivity index (χ3n) is 1.74. The van der Waals surface area contributed by atoms with Crippen LogP contribution in [0.1, 0.15) is 10.4 Å². The molecule has 5 heteroatoms. The molecule has 0 aliphatic heterocycles. The first-order valence-electron chi connectivity index (χ1n) is 3.87. The maximum Gasteiger partial charge on any atom is 0.191 e. The minimum absolute atomic E-state index is 0.259. The van der Waals surface area contributed by atoms with E-state index in [4.69, 9.17) is 5.73 Å². The van der Waals surface area contributed by atoms with Crippen molar-refractivity contribution in [1.29, 1.82) is 0 Å². The fraction of sp³-hybridized carbons (Fsp3) is 0.222. The zero-order chi connectivity index (χ0) is 10.7. The quantitative estimate of drug-likeness (QED) is 0.745. The van der Waals surface area contributed by atoms with Crippen molar-refractivity contribution in [3.63, 3.8) is 0 Å². The second-order valence-electron chi connectivity index (χ2n) is 2.57. The summed E-state index contributed by atoms with van der Waals surface area (Å²) in [6, 6.07) is 2.01. The maximum absolute atomic E-state index is 13.3. The van der Waals surface area contributed by atoms with Crippen molar-refractivity contribution >= 4 is 5.78 Å². The molecule has 0 aliphatic rings. The van der Waals surface area contributed by atoms with E-state index >= 15 is 0 Å². The highest BCUT2D eigenvalue weighted by atomic mass is 19.1. The number of hydrogen-bond donors (Lipinski definition) is 1. The van der Waals surface area contributed by atoms with Gasteiger partial charge in [-0.3, -0.25) is 4.79 Å². The molecule has 1 aromatic carbocycles. The van der Waals surface area contributed by atoms with Gasteiger partial charge in [-0.05, 0) is 12.1 Å². The lowest BCUT2D eigenvalue weighted by molar-refractivity contribution is 0.0996. The topological polar surface area (TPSA) is 52.3 Å². The number of carbonyl (C=O) groups is 1. The fourth-order valence-electron chi connectivity index (χ4n) is 1.04. The molecule has 0 spiro atoms. The van der Waals surface area contributed by atoms with E-state index < -0.39 is 23.2 Å². The smallest absolute Gasteiger partial charge is 0.191 e. The molecule has 0 unspecified atom stereocenters. The van der Waals surface area contributed by atoms with E-state index in [0.29, 0.717) is 0 Å². The van der Waals surface area contributed by atoms with Crippen LogP contribution in [0.2, 0.25) is 0 Å². The van der Waals surface area contributed by atoms with Gasteiger partial charge in [0.15, 0.2) is 23.2 Å². The van der Waals surface area contributed by atoms with Crippen LogP contribution in [0, 0.1) is 11.6 Å². The molecule has 14 heavy (non-hydrogen) atoms. The van der Waals surface area contributed by atoms with Gasteiger partial charge < -0.3 is 10.5 Å². The van der Waals surface area contributed by atoms with Crippen LogP contribution in [0.5, 0.6) is 5.75 Å². The van der Waals surface area contributed by atoms with Gasteiger partial charge >= 0.3 is 0 Å². The Labute approximate surface area is 79.5 Å². The van der Waals surface area contributed by atoms with Gasteiger partial charge in [-0.1, -0.05) is 0 Å². The number of halogens is 2. The Morgan fingerprint density at radius 1 is 1.50 bits per heavy atom. The zero-order valence-electron chi connectivity index (χ0n) is 7.51. The minimum Gasteiger partial charge on any atom is -0.491 e. The molecule has 0 fully saturated rings. The Balaban J connectivity index is 3.28. The summed E-state index contributed by atoms with van der Waals surface area (Å²) in [5, 5.41) is 0. The van der Waals surface area contributed by atoms with E-state index in [1.807, 2.05) is 0 Å². The number of rotatable bonds is 3. The molecule has 3 nitrogen and oxygen atoms in total. The van der Waals surface area contributed by atoms with Crippen LogP contribution in [-0.2, 0) is 0 Å². The molecule has 1 aromatic rings. The molecule has 0 bridgehead atoms. The van der Waals surface area contributed by atoms with Crippen LogP contribution in [0.3, 0.4) is 0 Å². The molecular formula is C9H9F2NO2. The van der Waals surface area contributed by atoms with Gasteiger partial charge in [0, 0.05) is 0 Å². The van der Waals surface area contributed by atoms with Gasteiger partial charge in [0.25, 0.3) is 0 Å². The van der Waals surface area contributed by atoms with Crippen molar-refractivity contribution in [3.05, 3.63) is 29.3 Å². The Bertz CT molecular complexity index is 366. The Morgan fingerprint density at radius 2 is 2.14 bits per heavy atom. The molecular weight excluding hydrogens is 192 g/mol. The first-order chi connectivity index (χ1) is 6.61. The number of nitrogens with two attached hydrogens (primary N) is 1. The largest absolute Gasteiger partial charge is 0.491 e. The van der Waals surface area contributed by atoms with Crippen molar-refractivity contribution in [3.8, 4) is 5.75 Å². The average molecular weight is 201 g/mol. The lowest BCUT2D eigenvalue weighted by atomic mass is 10.1. The van der Waals surface area contributed by atoms with Crippen molar-refractivity contribution < 1.29 is 18.3 Å². The first-order valence-corrected chi connectivity index (χ1v) is 3.87. The number of carbonyl (C=O) groups excluding carboxylic acids is 1.